The van der Waals surface area contributed by atoms with Gasteiger partial charge in [-0.1, -0.05) is 60.7 Å². The van der Waals surface area contributed by atoms with Crippen LogP contribution >= 0.6 is 12.4 Å². The Balaban J connectivity index is 0.00000280. The molecular formula is C23H31ClN2O2. The predicted molar refractivity (Wildman–Crippen MR) is 116 cm³/mol. The lowest BCUT2D eigenvalue weighted by Gasteiger charge is -2.36. The Bertz CT molecular complexity index is 698. The number of halogens is 1. The maximum Gasteiger partial charge on any atom is 0.228 e. The molecule has 0 bridgehead atoms. The Labute approximate surface area is 174 Å². The van der Waals surface area contributed by atoms with Gasteiger partial charge in [-0.2, -0.15) is 0 Å². The van der Waals surface area contributed by atoms with Gasteiger partial charge in [0.2, 0.25) is 5.91 Å². The number of piperidine rings is 1. The summed E-state index contributed by atoms with van der Waals surface area (Å²) in [7, 11) is 1.68. The Morgan fingerprint density at radius 3 is 2.29 bits per heavy atom. The van der Waals surface area contributed by atoms with Crippen LogP contribution < -0.4 is 10.6 Å². The molecule has 1 unspecified atom stereocenters. The zero-order valence-electron chi connectivity index (χ0n) is 16.5. The van der Waals surface area contributed by atoms with Crippen LogP contribution in [0.4, 0.5) is 0 Å². The summed E-state index contributed by atoms with van der Waals surface area (Å²) in [5.74, 6) is 0.374. The molecule has 0 spiro atoms. The molecule has 0 aliphatic carbocycles. The molecule has 2 aromatic rings. The maximum atomic E-state index is 13.1. The number of hydrogen-bond acceptors (Lipinski definition) is 3. The van der Waals surface area contributed by atoms with E-state index >= 15 is 0 Å². The number of carbonyl (C=O) groups is 1. The number of carbonyl (C=O) groups excluding carboxylic acids is 1. The first-order valence-electron chi connectivity index (χ1n) is 9.80. The molecule has 2 N–H and O–H groups in total. The van der Waals surface area contributed by atoms with E-state index in [-0.39, 0.29) is 24.2 Å². The maximum absolute atomic E-state index is 13.1. The van der Waals surface area contributed by atoms with Crippen LogP contribution in [0.1, 0.15) is 29.9 Å². The zero-order chi connectivity index (χ0) is 19.0. The third-order valence-corrected chi connectivity index (χ3v) is 5.57. The van der Waals surface area contributed by atoms with Gasteiger partial charge in [0.25, 0.3) is 0 Å². The second kappa shape index (κ2) is 11.2. The largest absolute Gasteiger partial charge is 0.384 e. The highest BCUT2D eigenvalue weighted by Gasteiger charge is 2.39. The van der Waals surface area contributed by atoms with Gasteiger partial charge in [0.1, 0.15) is 0 Å². The van der Waals surface area contributed by atoms with Gasteiger partial charge < -0.3 is 15.4 Å². The molecule has 1 atom stereocenters. The van der Waals surface area contributed by atoms with Crippen LogP contribution in [0.5, 0.6) is 0 Å². The molecule has 152 valence electrons. The van der Waals surface area contributed by atoms with E-state index in [1.807, 2.05) is 12.1 Å². The minimum absolute atomic E-state index is 0. The fourth-order valence-electron chi connectivity index (χ4n) is 3.95. The summed E-state index contributed by atoms with van der Waals surface area (Å²) in [4.78, 5) is 13.1. The Morgan fingerprint density at radius 1 is 1.07 bits per heavy atom. The van der Waals surface area contributed by atoms with Crippen LogP contribution in [0.25, 0.3) is 0 Å². The lowest BCUT2D eigenvalue weighted by molar-refractivity contribution is -0.136. The van der Waals surface area contributed by atoms with Crippen LogP contribution in [-0.2, 0) is 16.0 Å². The van der Waals surface area contributed by atoms with Gasteiger partial charge in [0.05, 0.1) is 12.0 Å². The minimum atomic E-state index is -0.409. The van der Waals surface area contributed by atoms with Gasteiger partial charge in [-0.25, -0.2) is 0 Å². The molecule has 3 rings (SSSR count). The van der Waals surface area contributed by atoms with Crippen molar-refractivity contribution in [2.75, 3.05) is 33.4 Å². The summed E-state index contributed by atoms with van der Waals surface area (Å²) in [6, 6.07) is 20.9. The fourth-order valence-corrected chi connectivity index (χ4v) is 3.95. The van der Waals surface area contributed by atoms with E-state index in [1.54, 1.807) is 7.11 Å². The van der Waals surface area contributed by atoms with Crippen LogP contribution in [-0.4, -0.2) is 39.3 Å². The molecule has 5 heteroatoms. The average molecular weight is 403 g/mol. The zero-order valence-corrected chi connectivity index (χ0v) is 17.3. The van der Waals surface area contributed by atoms with Crippen molar-refractivity contribution in [3.8, 4) is 0 Å². The summed E-state index contributed by atoms with van der Waals surface area (Å²) in [5, 5.41) is 6.59. The number of rotatable bonds is 8. The Morgan fingerprint density at radius 2 is 1.68 bits per heavy atom. The van der Waals surface area contributed by atoms with Crippen LogP contribution in [0, 0.1) is 5.41 Å². The number of benzene rings is 2. The number of hydrogen-bond donors (Lipinski definition) is 2. The lowest BCUT2D eigenvalue weighted by Crippen LogP contribution is -2.50. The predicted octanol–water partition coefficient (Wildman–Crippen LogP) is 3.57. The molecule has 0 saturated carbocycles. The van der Waals surface area contributed by atoms with Gasteiger partial charge >= 0.3 is 0 Å². The molecule has 0 aromatic heterocycles. The first-order chi connectivity index (χ1) is 13.2. The fraction of sp³-hybridized carbons (Fsp3) is 0.435. The van der Waals surface area contributed by atoms with Crippen molar-refractivity contribution in [3.05, 3.63) is 71.8 Å². The van der Waals surface area contributed by atoms with E-state index in [1.165, 1.54) is 11.1 Å². The van der Waals surface area contributed by atoms with Crippen molar-refractivity contribution in [2.45, 2.75) is 25.2 Å². The lowest BCUT2D eigenvalue weighted by atomic mass is 9.78. The van der Waals surface area contributed by atoms with Gasteiger partial charge in [-0.15, -0.1) is 12.4 Å². The first-order valence-corrected chi connectivity index (χ1v) is 9.80. The summed E-state index contributed by atoms with van der Waals surface area (Å²) in [6.07, 6.45) is 2.55. The van der Waals surface area contributed by atoms with Crippen molar-refractivity contribution in [1.82, 2.24) is 10.6 Å². The summed E-state index contributed by atoms with van der Waals surface area (Å²) >= 11 is 0. The van der Waals surface area contributed by atoms with E-state index < -0.39 is 5.41 Å². The second-order valence-corrected chi connectivity index (χ2v) is 7.47. The van der Waals surface area contributed by atoms with Crippen molar-refractivity contribution in [3.63, 3.8) is 0 Å². The normalized spacial score (nSPS) is 16.6. The number of methoxy groups -OCH3 is 1. The third kappa shape index (κ3) is 5.81. The topological polar surface area (TPSA) is 50.4 Å². The molecule has 1 saturated heterocycles. The van der Waals surface area contributed by atoms with E-state index in [9.17, 15) is 4.79 Å². The molecule has 1 amide bonds. The molecule has 4 nitrogen and oxygen atoms in total. The van der Waals surface area contributed by atoms with Crippen LogP contribution in [0.15, 0.2) is 60.7 Å². The molecular weight excluding hydrogens is 372 g/mol. The van der Waals surface area contributed by atoms with Crippen LogP contribution in [0.3, 0.4) is 0 Å². The minimum Gasteiger partial charge on any atom is -0.384 e. The smallest absolute Gasteiger partial charge is 0.228 e. The molecule has 1 fully saturated rings. The van der Waals surface area contributed by atoms with Crippen molar-refractivity contribution < 1.29 is 9.53 Å². The molecule has 28 heavy (non-hydrogen) atoms. The summed E-state index contributed by atoms with van der Waals surface area (Å²) in [6.45, 7) is 2.84. The SMILES string of the molecule is COCC1(C(=O)NCC(Cc2ccccc2)c2ccccc2)CCNCC1.Cl. The number of ether oxygens (including phenoxy) is 1. The van der Waals surface area contributed by atoms with E-state index in [0.717, 1.165) is 32.4 Å². The standard InChI is InChI=1S/C23H30N2O2.ClH/c1-27-18-23(12-14-24-15-13-23)22(26)25-17-21(20-10-6-3-7-11-20)16-19-8-4-2-5-9-19;/h2-11,21,24H,12-18H2,1H3,(H,25,26);1H. The Hall–Kier alpha value is -1.88. The molecule has 1 heterocycles. The molecule has 0 radical (unpaired) electrons. The second-order valence-electron chi connectivity index (χ2n) is 7.47. The van der Waals surface area contributed by atoms with E-state index in [4.69, 9.17) is 4.74 Å². The first kappa shape index (κ1) is 22.4. The number of nitrogens with one attached hydrogen (secondary N) is 2. The number of amides is 1. The highest BCUT2D eigenvalue weighted by Crippen LogP contribution is 2.30. The highest BCUT2D eigenvalue weighted by molar-refractivity contribution is 5.85. The summed E-state index contributed by atoms with van der Waals surface area (Å²) < 4.78 is 5.40. The van der Waals surface area contributed by atoms with Gasteiger partial charge in [-0.3, -0.25) is 4.79 Å². The monoisotopic (exact) mass is 402 g/mol. The van der Waals surface area contributed by atoms with Crippen molar-refractivity contribution in [2.24, 2.45) is 5.41 Å². The average Bonchev–Trinajstić information content (AvgIpc) is 2.73. The van der Waals surface area contributed by atoms with Crippen molar-refractivity contribution >= 4 is 18.3 Å². The quantitative estimate of drug-likeness (QED) is 0.709. The van der Waals surface area contributed by atoms with E-state index in [2.05, 4.69) is 59.2 Å². The molecule has 1 aliphatic heterocycles. The molecule has 2 aromatic carbocycles. The van der Waals surface area contributed by atoms with Gasteiger partial charge in [0.15, 0.2) is 0 Å². The Kier molecular flexibility index (Phi) is 8.97. The van der Waals surface area contributed by atoms with E-state index in [0.29, 0.717) is 13.2 Å². The highest BCUT2D eigenvalue weighted by atomic mass is 35.5. The van der Waals surface area contributed by atoms with Crippen molar-refractivity contribution in [1.29, 1.82) is 0 Å². The third-order valence-electron chi connectivity index (χ3n) is 5.57. The van der Waals surface area contributed by atoms with Crippen LogP contribution in [0.2, 0.25) is 0 Å². The van der Waals surface area contributed by atoms with Gasteiger partial charge in [0, 0.05) is 19.6 Å². The molecule has 1 aliphatic rings. The van der Waals surface area contributed by atoms with Gasteiger partial charge in [-0.05, 0) is 43.5 Å². The summed E-state index contributed by atoms with van der Waals surface area (Å²) in [5.41, 5.74) is 2.13.